The lowest BCUT2D eigenvalue weighted by atomic mass is 10.2. The molecule has 1 aromatic rings. The maximum absolute atomic E-state index is 13.0. The maximum Gasteiger partial charge on any atom is 0.156 e. The Morgan fingerprint density at radius 1 is 1.58 bits per heavy atom. The van der Waals surface area contributed by atoms with E-state index in [1.54, 1.807) is 6.07 Å². The lowest BCUT2D eigenvalue weighted by Gasteiger charge is -2.04. The first-order valence-electron chi connectivity index (χ1n) is 3.16. The molecular formula is C7H6BrClFNO. The van der Waals surface area contributed by atoms with Crippen LogP contribution in [0, 0.1) is 5.82 Å². The summed E-state index contributed by atoms with van der Waals surface area (Å²) >= 11 is 8.52. The lowest BCUT2D eigenvalue weighted by molar-refractivity contribution is 0.161. The largest absolute Gasteiger partial charge is 0.316 e. The van der Waals surface area contributed by atoms with E-state index in [0.717, 1.165) is 0 Å². The number of hydrogen-bond donors (Lipinski definition) is 2. The minimum Gasteiger partial charge on any atom is -0.316 e. The van der Waals surface area contributed by atoms with Gasteiger partial charge in [-0.2, -0.15) is 0 Å². The Bertz CT molecular complexity index is 295. The van der Waals surface area contributed by atoms with Gasteiger partial charge in [-0.05, 0) is 27.6 Å². The van der Waals surface area contributed by atoms with Gasteiger partial charge in [0.15, 0.2) is 5.82 Å². The highest BCUT2D eigenvalue weighted by molar-refractivity contribution is 9.10. The first-order valence-corrected chi connectivity index (χ1v) is 4.33. The van der Waals surface area contributed by atoms with Crippen LogP contribution in [0.25, 0.3) is 0 Å². The van der Waals surface area contributed by atoms with Crippen molar-refractivity contribution in [1.82, 2.24) is 5.48 Å². The first kappa shape index (κ1) is 9.92. The van der Waals surface area contributed by atoms with E-state index in [-0.39, 0.29) is 16.0 Å². The van der Waals surface area contributed by atoms with E-state index in [4.69, 9.17) is 16.8 Å². The van der Waals surface area contributed by atoms with Gasteiger partial charge in [-0.3, -0.25) is 0 Å². The van der Waals surface area contributed by atoms with Crippen molar-refractivity contribution in [2.75, 3.05) is 0 Å². The second kappa shape index (κ2) is 4.18. The van der Waals surface area contributed by atoms with Crippen molar-refractivity contribution in [3.8, 4) is 0 Å². The van der Waals surface area contributed by atoms with Gasteiger partial charge in [0.05, 0.1) is 9.50 Å². The average molecular weight is 254 g/mol. The van der Waals surface area contributed by atoms with Crippen molar-refractivity contribution in [2.24, 2.45) is 0 Å². The molecule has 1 aromatic carbocycles. The molecule has 0 radical (unpaired) electrons. The molecule has 0 saturated carbocycles. The molecule has 0 aliphatic heterocycles. The summed E-state index contributed by atoms with van der Waals surface area (Å²) in [6.07, 6.45) is 0. The predicted octanol–water partition coefficient (Wildman–Crippen LogP) is 2.72. The number of hydroxylamine groups is 1. The Morgan fingerprint density at radius 3 is 2.83 bits per heavy atom. The van der Waals surface area contributed by atoms with Crippen LogP contribution >= 0.6 is 27.5 Å². The predicted molar refractivity (Wildman–Crippen MR) is 47.7 cm³/mol. The molecule has 0 fully saturated rings. The van der Waals surface area contributed by atoms with Crippen LogP contribution < -0.4 is 5.48 Å². The number of hydrogen-bond acceptors (Lipinski definition) is 2. The van der Waals surface area contributed by atoms with Crippen LogP contribution in [0.3, 0.4) is 0 Å². The Kier molecular flexibility index (Phi) is 3.46. The summed E-state index contributed by atoms with van der Waals surface area (Å²) in [5, 5.41) is 8.44. The molecule has 0 bridgehead atoms. The van der Waals surface area contributed by atoms with Gasteiger partial charge >= 0.3 is 0 Å². The summed E-state index contributed by atoms with van der Waals surface area (Å²) in [4.78, 5) is 0. The maximum atomic E-state index is 13.0. The molecule has 0 aromatic heterocycles. The van der Waals surface area contributed by atoms with Gasteiger partial charge < -0.3 is 5.21 Å². The van der Waals surface area contributed by atoms with Crippen LogP contribution in [0.1, 0.15) is 5.56 Å². The number of nitrogens with one attached hydrogen (secondary N) is 1. The van der Waals surface area contributed by atoms with Crippen molar-refractivity contribution >= 4 is 27.5 Å². The minimum absolute atomic E-state index is 0.0589. The summed E-state index contributed by atoms with van der Waals surface area (Å²) < 4.78 is 13.3. The molecule has 2 nitrogen and oxygen atoms in total. The highest BCUT2D eigenvalue weighted by Crippen LogP contribution is 2.26. The third-order valence-electron chi connectivity index (χ3n) is 1.38. The van der Waals surface area contributed by atoms with E-state index in [1.165, 1.54) is 6.07 Å². The van der Waals surface area contributed by atoms with Crippen LogP contribution in [0.4, 0.5) is 4.39 Å². The molecule has 0 aliphatic carbocycles. The lowest BCUT2D eigenvalue weighted by Crippen LogP contribution is -2.07. The quantitative estimate of drug-likeness (QED) is 0.628. The van der Waals surface area contributed by atoms with E-state index in [0.29, 0.717) is 5.56 Å². The van der Waals surface area contributed by atoms with Crippen LogP contribution in [0.2, 0.25) is 5.02 Å². The van der Waals surface area contributed by atoms with E-state index in [2.05, 4.69) is 15.9 Å². The standard InChI is InChI=1S/C7H6BrClFNO/c8-6-4(3-11-12)1-2-5(9)7(6)10/h1-2,11-12H,3H2. The molecule has 0 unspecified atom stereocenters. The average Bonchev–Trinajstić information content (AvgIpc) is 2.07. The molecule has 0 amide bonds. The molecule has 2 N–H and O–H groups in total. The molecule has 12 heavy (non-hydrogen) atoms. The summed E-state index contributed by atoms with van der Waals surface area (Å²) in [6, 6.07) is 3.06. The molecular weight excluding hydrogens is 248 g/mol. The zero-order valence-corrected chi connectivity index (χ0v) is 8.28. The number of rotatable bonds is 2. The third kappa shape index (κ3) is 1.95. The fourth-order valence-electron chi connectivity index (χ4n) is 0.788. The normalized spacial score (nSPS) is 10.3. The highest BCUT2D eigenvalue weighted by atomic mass is 79.9. The Labute approximate surface area is 82.4 Å². The van der Waals surface area contributed by atoms with Gasteiger partial charge in [0.1, 0.15) is 0 Å². The molecule has 0 saturated heterocycles. The van der Waals surface area contributed by atoms with Crippen LogP contribution in [-0.4, -0.2) is 5.21 Å². The zero-order chi connectivity index (χ0) is 9.14. The first-order chi connectivity index (χ1) is 5.66. The SMILES string of the molecule is ONCc1ccc(Cl)c(F)c1Br. The second-order valence-electron chi connectivity index (χ2n) is 2.17. The molecule has 0 aliphatic rings. The molecule has 5 heteroatoms. The van der Waals surface area contributed by atoms with Crippen LogP contribution in [0.15, 0.2) is 16.6 Å². The fraction of sp³-hybridized carbons (Fsp3) is 0.143. The molecule has 0 spiro atoms. The van der Waals surface area contributed by atoms with Gasteiger partial charge in [0.2, 0.25) is 0 Å². The summed E-state index contributed by atoms with van der Waals surface area (Å²) in [6.45, 7) is 0.175. The van der Waals surface area contributed by atoms with Gasteiger partial charge in [-0.25, -0.2) is 9.87 Å². The van der Waals surface area contributed by atoms with E-state index < -0.39 is 5.82 Å². The third-order valence-corrected chi connectivity index (χ3v) is 2.53. The van der Waals surface area contributed by atoms with E-state index in [1.807, 2.05) is 5.48 Å². The Morgan fingerprint density at radius 2 is 2.25 bits per heavy atom. The molecule has 1 rings (SSSR count). The van der Waals surface area contributed by atoms with Gasteiger partial charge in [-0.1, -0.05) is 17.7 Å². The van der Waals surface area contributed by atoms with Crippen molar-refractivity contribution in [1.29, 1.82) is 0 Å². The van der Waals surface area contributed by atoms with Crippen molar-refractivity contribution < 1.29 is 9.60 Å². The number of benzene rings is 1. The smallest absolute Gasteiger partial charge is 0.156 e. The fourth-order valence-corrected chi connectivity index (χ4v) is 1.55. The second-order valence-corrected chi connectivity index (χ2v) is 3.37. The highest BCUT2D eigenvalue weighted by Gasteiger charge is 2.08. The van der Waals surface area contributed by atoms with Gasteiger partial charge in [-0.15, -0.1) is 0 Å². The summed E-state index contributed by atoms with van der Waals surface area (Å²) in [7, 11) is 0. The van der Waals surface area contributed by atoms with Crippen molar-refractivity contribution in [3.63, 3.8) is 0 Å². The molecule has 0 heterocycles. The van der Waals surface area contributed by atoms with Crippen molar-refractivity contribution in [3.05, 3.63) is 33.0 Å². The van der Waals surface area contributed by atoms with Crippen LogP contribution in [0.5, 0.6) is 0 Å². The van der Waals surface area contributed by atoms with E-state index >= 15 is 0 Å². The van der Waals surface area contributed by atoms with E-state index in [9.17, 15) is 4.39 Å². The summed E-state index contributed by atoms with van der Waals surface area (Å²) in [5.74, 6) is -0.510. The Hall–Kier alpha value is -0.160. The summed E-state index contributed by atoms with van der Waals surface area (Å²) in [5.41, 5.74) is 2.54. The van der Waals surface area contributed by atoms with Crippen molar-refractivity contribution in [2.45, 2.75) is 6.54 Å². The Balaban J connectivity index is 3.08. The molecule has 0 atom stereocenters. The molecule has 66 valence electrons. The van der Waals surface area contributed by atoms with Crippen LogP contribution in [-0.2, 0) is 6.54 Å². The zero-order valence-electron chi connectivity index (χ0n) is 5.94. The van der Waals surface area contributed by atoms with Gasteiger partial charge in [0, 0.05) is 6.54 Å². The van der Waals surface area contributed by atoms with Gasteiger partial charge in [0.25, 0.3) is 0 Å². The minimum atomic E-state index is -0.510. The topological polar surface area (TPSA) is 32.3 Å². The monoisotopic (exact) mass is 253 g/mol. The number of halogens is 3.